The minimum absolute atomic E-state index is 0.0162. The molecule has 5 heteroatoms. The van der Waals surface area contributed by atoms with Gasteiger partial charge in [-0.2, -0.15) is 5.26 Å². The van der Waals surface area contributed by atoms with Crippen LogP contribution in [0.2, 0.25) is 0 Å². The first-order valence-corrected chi connectivity index (χ1v) is 8.62. The Bertz CT molecular complexity index is 1110. The lowest BCUT2D eigenvalue weighted by Crippen LogP contribution is -2.14. The van der Waals surface area contributed by atoms with Gasteiger partial charge in [-0.25, -0.2) is 0 Å². The molecule has 3 rings (SSSR count). The Kier molecular flexibility index (Phi) is 4.74. The van der Waals surface area contributed by atoms with Crippen LogP contribution in [-0.2, 0) is 11.8 Å². The summed E-state index contributed by atoms with van der Waals surface area (Å²) in [6.07, 6.45) is 0. The largest absolute Gasteiger partial charge is 0.378 e. The van der Waals surface area contributed by atoms with E-state index in [2.05, 4.69) is 41.3 Å². The van der Waals surface area contributed by atoms with E-state index in [0.717, 1.165) is 28.0 Å². The summed E-state index contributed by atoms with van der Waals surface area (Å²) >= 11 is 0. The van der Waals surface area contributed by atoms with E-state index in [1.807, 2.05) is 43.9 Å². The molecule has 27 heavy (non-hydrogen) atoms. The number of amides is 1. The quantitative estimate of drug-likeness (QED) is 0.571. The van der Waals surface area contributed by atoms with Crippen molar-refractivity contribution >= 4 is 27.9 Å². The predicted octanol–water partition coefficient (Wildman–Crippen LogP) is 3.69. The van der Waals surface area contributed by atoms with Crippen molar-refractivity contribution in [3.05, 3.63) is 59.8 Å². The number of rotatable bonds is 4. The molecule has 1 amide bonds. The molecule has 0 spiro atoms. The zero-order chi connectivity index (χ0) is 19.7. The van der Waals surface area contributed by atoms with Gasteiger partial charge in [0.2, 0.25) is 0 Å². The van der Waals surface area contributed by atoms with Crippen LogP contribution in [0.3, 0.4) is 0 Å². The molecule has 0 saturated heterocycles. The van der Waals surface area contributed by atoms with Gasteiger partial charge in [-0.1, -0.05) is 18.2 Å². The molecule has 0 aliphatic carbocycles. The average molecular weight is 358 g/mol. The zero-order valence-electron chi connectivity index (χ0n) is 15.9. The third-order valence-electron chi connectivity index (χ3n) is 4.88. The van der Waals surface area contributed by atoms with Crippen LogP contribution in [0.15, 0.2) is 54.1 Å². The number of hydrogen-bond acceptors (Lipinski definition) is 3. The van der Waals surface area contributed by atoms with Gasteiger partial charge in [-0.05, 0) is 59.2 Å². The smallest absolute Gasteiger partial charge is 0.259 e. The Morgan fingerprint density at radius 3 is 2.37 bits per heavy atom. The van der Waals surface area contributed by atoms with Gasteiger partial charge >= 0.3 is 0 Å². The van der Waals surface area contributed by atoms with Gasteiger partial charge in [0, 0.05) is 38.2 Å². The van der Waals surface area contributed by atoms with Crippen molar-refractivity contribution < 1.29 is 4.79 Å². The molecule has 0 radical (unpaired) electrons. The Morgan fingerprint density at radius 1 is 1.07 bits per heavy atom. The lowest BCUT2D eigenvalue weighted by molar-refractivity contribution is -0.114. The van der Waals surface area contributed by atoms with E-state index >= 15 is 0 Å². The number of aromatic nitrogens is 1. The van der Waals surface area contributed by atoms with Crippen molar-refractivity contribution in [1.82, 2.24) is 4.57 Å². The van der Waals surface area contributed by atoms with Crippen LogP contribution in [0.25, 0.3) is 27.6 Å². The van der Waals surface area contributed by atoms with Crippen LogP contribution in [0.1, 0.15) is 12.6 Å². The molecule has 2 N–H and O–H groups in total. The molecule has 0 saturated carbocycles. The number of benzene rings is 2. The van der Waals surface area contributed by atoms with E-state index < -0.39 is 5.91 Å². The molecular formula is C22H22N4O. The summed E-state index contributed by atoms with van der Waals surface area (Å²) in [5.41, 5.74) is 9.91. The molecule has 3 aromatic rings. The molecule has 5 nitrogen and oxygen atoms in total. The van der Waals surface area contributed by atoms with E-state index in [1.54, 1.807) is 6.92 Å². The van der Waals surface area contributed by atoms with E-state index in [4.69, 9.17) is 5.73 Å². The van der Waals surface area contributed by atoms with Gasteiger partial charge in [0.25, 0.3) is 5.91 Å². The van der Waals surface area contributed by atoms with Gasteiger partial charge in [0.1, 0.15) is 11.6 Å². The van der Waals surface area contributed by atoms with Crippen molar-refractivity contribution in [2.24, 2.45) is 12.8 Å². The third-order valence-corrected chi connectivity index (χ3v) is 4.88. The fraction of sp³-hybridized carbons (Fsp3) is 0.182. The molecule has 0 aliphatic rings. The van der Waals surface area contributed by atoms with Gasteiger partial charge in [0.15, 0.2) is 0 Å². The minimum atomic E-state index is -0.708. The number of hydrogen-bond donors (Lipinski definition) is 1. The molecule has 0 bridgehead atoms. The highest BCUT2D eigenvalue weighted by molar-refractivity contribution is 6.03. The maximum Gasteiger partial charge on any atom is 0.259 e. The molecule has 2 aromatic carbocycles. The van der Waals surface area contributed by atoms with Crippen LogP contribution >= 0.6 is 0 Å². The van der Waals surface area contributed by atoms with Crippen LogP contribution in [0.4, 0.5) is 5.69 Å². The van der Waals surface area contributed by atoms with E-state index in [-0.39, 0.29) is 5.57 Å². The summed E-state index contributed by atoms with van der Waals surface area (Å²) in [5.74, 6) is -0.708. The number of allylic oxidation sites excluding steroid dienone is 1. The second-order valence-electron chi connectivity index (χ2n) is 6.78. The molecule has 136 valence electrons. The highest BCUT2D eigenvalue weighted by atomic mass is 16.1. The van der Waals surface area contributed by atoms with Gasteiger partial charge in [-0.15, -0.1) is 0 Å². The second-order valence-corrected chi connectivity index (χ2v) is 6.78. The summed E-state index contributed by atoms with van der Waals surface area (Å²) in [6, 6.07) is 18.5. The molecule has 0 aliphatic heterocycles. The number of nitrogens with zero attached hydrogens (tertiary/aromatic N) is 3. The van der Waals surface area contributed by atoms with Crippen molar-refractivity contribution in [1.29, 1.82) is 5.26 Å². The fourth-order valence-corrected chi connectivity index (χ4v) is 3.30. The summed E-state index contributed by atoms with van der Waals surface area (Å²) < 4.78 is 1.98. The first-order valence-electron chi connectivity index (χ1n) is 8.62. The van der Waals surface area contributed by atoms with Crippen LogP contribution in [0.5, 0.6) is 0 Å². The summed E-state index contributed by atoms with van der Waals surface area (Å²) in [5, 5.41) is 11.5. The zero-order valence-corrected chi connectivity index (χ0v) is 15.9. The van der Waals surface area contributed by atoms with Gasteiger partial charge in [0.05, 0.1) is 0 Å². The standard InChI is InChI=1S/C22H22N4O/c1-14(19(13-23)22(24)27)20-9-10-21(26(20)4)17-6-5-16-12-18(25(2)3)8-7-15(16)11-17/h5-12H,1-4H3,(H2,24,27). The number of carbonyl (C=O) groups is 1. The normalized spacial score (nSPS) is 11.8. The SMILES string of the molecule is CC(=C(C#N)C(N)=O)c1ccc(-c2ccc3cc(N(C)C)ccc3c2)n1C. The second kappa shape index (κ2) is 7.00. The average Bonchev–Trinajstić information content (AvgIpc) is 3.02. The maximum atomic E-state index is 11.5. The van der Waals surface area contributed by atoms with Crippen molar-refractivity contribution in [2.75, 3.05) is 19.0 Å². The van der Waals surface area contributed by atoms with E-state index in [9.17, 15) is 10.1 Å². The molecule has 0 fully saturated rings. The Labute approximate surface area is 158 Å². The molecular weight excluding hydrogens is 336 g/mol. The molecule has 1 heterocycles. The molecule has 0 atom stereocenters. The Hall–Kier alpha value is -3.52. The van der Waals surface area contributed by atoms with Crippen molar-refractivity contribution in [3.63, 3.8) is 0 Å². The topological polar surface area (TPSA) is 75.0 Å². The first-order chi connectivity index (χ1) is 12.8. The first kappa shape index (κ1) is 18.3. The lowest BCUT2D eigenvalue weighted by Gasteiger charge is -2.14. The van der Waals surface area contributed by atoms with Gasteiger partial charge < -0.3 is 15.2 Å². The Balaban J connectivity index is 2.08. The van der Waals surface area contributed by atoms with Crippen LogP contribution in [-0.4, -0.2) is 24.6 Å². The highest BCUT2D eigenvalue weighted by Gasteiger charge is 2.15. The number of primary amides is 1. The third kappa shape index (κ3) is 3.30. The number of anilines is 1. The fourth-order valence-electron chi connectivity index (χ4n) is 3.30. The minimum Gasteiger partial charge on any atom is -0.378 e. The number of nitriles is 1. The van der Waals surface area contributed by atoms with Gasteiger partial charge in [-0.3, -0.25) is 4.79 Å². The van der Waals surface area contributed by atoms with Crippen LogP contribution in [0, 0.1) is 11.3 Å². The Morgan fingerprint density at radius 2 is 1.74 bits per heavy atom. The van der Waals surface area contributed by atoms with E-state index in [0.29, 0.717) is 5.57 Å². The number of nitrogens with two attached hydrogens (primary N) is 1. The molecule has 1 aromatic heterocycles. The van der Waals surface area contributed by atoms with Crippen molar-refractivity contribution in [3.8, 4) is 17.3 Å². The molecule has 0 unspecified atom stereocenters. The number of fused-ring (bicyclic) bond motifs is 1. The summed E-state index contributed by atoms with van der Waals surface area (Å²) in [7, 11) is 5.97. The monoisotopic (exact) mass is 358 g/mol. The van der Waals surface area contributed by atoms with Crippen molar-refractivity contribution in [2.45, 2.75) is 6.92 Å². The summed E-state index contributed by atoms with van der Waals surface area (Å²) in [6.45, 7) is 1.74. The lowest BCUT2D eigenvalue weighted by atomic mass is 10.0. The highest BCUT2D eigenvalue weighted by Crippen LogP contribution is 2.30. The summed E-state index contributed by atoms with van der Waals surface area (Å²) in [4.78, 5) is 13.6. The van der Waals surface area contributed by atoms with E-state index in [1.165, 1.54) is 5.39 Å². The van der Waals surface area contributed by atoms with Crippen LogP contribution < -0.4 is 10.6 Å². The number of carbonyl (C=O) groups excluding carboxylic acids is 1. The maximum absolute atomic E-state index is 11.5. The predicted molar refractivity (Wildman–Crippen MR) is 110 cm³/mol.